The molecular weight excluding hydrogens is 279 g/mol. The van der Waals surface area contributed by atoms with Gasteiger partial charge in [-0.3, -0.25) is 0 Å². The Morgan fingerprint density at radius 3 is 2.43 bits per heavy atom. The Morgan fingerprint density at radius 2 is 1.67 bits per heavy atom. The second-order valence-corrected chi connectivity index (χ2v) is 4.61. The van der Waals surface area contributed by atoms with E-state index in [9.17, 15) is 13.2 Å². The summed E-state index contributed by atoms with van der Waals surface area (Å²) in [4.78, 5) is 0. The highest BCUT2D eigenvalue weighted by Crippen LogP contribution is 2.19. The van der Waals surface area contributed by atoms with E-state index < -0.39 is 17.5 Å². The predicted octanol–water partition coefficient (Wildman–Crippen LogP) is 3.90. The molecule has 0 amide bonds. The van der Waals surface area contributed by atoms with Crippen LogP contribution in [0.1, 0.15) is 11.1 Å². The zero-order valence-electron chi connectivity index (χ0n) is 11.6. The first kappa shape index (κ1) is 15.4. The maximum Gasteiger partial charge on any atom is 0.161 e. The van der Waals surface area contributed by atoms with E-state index in [-0.39, 0.29) is 12.1 Å². The van der Waals surface area contributed by atoms with Crippen molar-refractivity contribution in [3.63, 3.8) is 0 Å². The van der Waals surface area contributed by atoms with Crippen LogP contribution >= 0.6 is 0 Å². The molecule has 0 aliphatic rings. The fraction of sp³-hybridized carbons (Fsp3) is 0.250. The van der Waals surface area contributed by atoms with Crippen molar-refractivity contribution in [1.82, 2.24) is 0 Å². The smallest absolute Gasteiger partial charge is 0.161 e. The molecule has 2 aromatic carbocycles. The van der Waals surface area contributed by atoms with Gasteiger partial charge in [0.25, 0.3) is 0 Å². The molecule has 112 valence electrons. The summed E-state index contributed by atoms with van der Waals surface area (Å²) >= 11 is 0. The molecule has 0 aromatic heterocycles. The first-order valence-corrected chi connectivity index (χ1v) is 6.56. The van der Waals surface area contributed by atoms with Crippen molar-refractivity contribution in [2.75, 3.05) is 19.0 Å². The minimum Gasteiger partial charge on any atom is -0.384 e. The molecule has 2 nitrogen and oxygen atoms in total. The monoisotopic (exact) mass is 295 g/mol. The van der Waals surface area contributed by atoms with Gasteiger partial charge < -0.3 is 10.1 Å². The van der Waals surface area contributed by atoms with E-state index in [1.807, 2.05) is 24.3 Å². The summed E-state index contributed by atoms with van der Waals surface area (Å²) in [5, 5.41) is 3.04. The van der Waals surface area contributed by atoms with Gasteiger partial charge in [0, 0.05) is 31.0 Å². The molecule has 0 bridgehead atoms. The predicted molar refractivity (Wildman–Crippen MR) is 75.7 cm³/mol. The van der Waals surface area contributed by atoms with Crippen molar-refractivity contribution in [2.24, 2.45) is 0 Å². The van der Waals surface area contributed by atoms with Crippen molar-refractivity contribution in [3.8, 4) is 0 Å². The number of rotatable bonds is 6. The Morgan fingerprint density at radius 1 is 0.952 bits per heavy atom. The maximum atomic E-state index is 13.6. The van der Waals surface area contributed by atoms with E-state index in [1.54, 1.807) is 7.11 Å². The van der Waals surface area contributed by atoms with Gasteiger partial charge in [-0.2, -0.15) is 0 Å². The lowest BCUT2D eigenvalue weighted by Gasteiger charge is -2.12. The van der Waals surface area contributed by atoms with E-state index in [0.717, 1.165) is 17.3 Å². The van der Waals surface area contributed by atoms with Crippen molar-refractivity contribution in [3.05, 3.63) is 65.0 Å². The van der Waals surface area contributed by atoms with Crippen LogP contribution < -0.4 is 5.32 Å². The van der Waals surface area contributed by atoms with Gasteiger partial charge in [-0.1, -0.05) is 18.2 Å². The van der Waals surface area contributed by atoms with Gasteiger partial charge in [-0.15, -0.1) is 0 Å². The summed E-state index contributed by atoms with van der Waals surface area (Å²) in [6.07, 6.45) is 0.708. The summed E-state index contributed by atoms with van der Waals surface area (Å²) in [6, 6.07) is 8.96. The van der Waals surface area contributed by atoms with E-state index in [2.05, 4.69) is 5.32 Å². The van der Waals surface area contributed by atoms with Gasteiger partial charge in [0.2, 0.25) is 0 Å². The molecular formula is C16H16F3NO. The highest BCUT2D eigenvalue weighted by atomic mass is 19.2. The molecule has 2 rings (SSSR count). The van der Waals surface area contributed by atoms with Crippen molar-refractivity contribution < 1.29 is 17.9 Å². The van der Waals surface area contributed by atoms with Gasteiger partial charge in [-0.25, -0.2) is 13.2 Å². The average Bonchev–Trinajstić information content (AvgIpc) is 2.48. The Bertz CT molecular complexity index is 616. The van der Waals surface area contributed by atoms with Crippen LogP contribution in [0.5, 0.6) is 0 Å². The second kappa shape index (κ2) is 7.13. The number of methoxy groups -OCH3 is 1. The third-order valence-electron chi connectivity index (χ3n) is 3.15. The molecule has 2 aromatic rings. The molecule has 1 N–H and O–H groups in total. The van der Waals surface area contributed by atoms with Crippen molar-refractivity contribution in [1.29, 1.82) is 0 Å². The quantitative estimate of drug-likeness (QED) is 0.816. The van der Waals surface area contributed by atoms with Crippen LogP contribution in [0.2, 0.25) is 0 Å². The Kier molecular flexibility index (Phi) is 5.22. The van der Waals surface area contributed by atoms with Gasteiger partial charge in [0.1, 0.15) is 5.82 Å². The molecule has 0 aliphatic heterocycles. The molecule has 0 saturated carbocycles. The molecule has 0 radical (unpaired) electrons. The van der Waals surface area contributed by atoms with Crippen LogP contribution in [-0.4, -0.2) is 13.7 Å². The third kappa shape index (κ3) is 3.98. The lowest BCUT2D eigenvalue weighted by molar-refractivity contribution is 0.202. The van der Waals surface area contributed by atoms with Crippen LogP contribution in [-0.2, 0) is 17.7 Å². The van der Waals surface area contributed by atoms with Crippen LogP contribution in [0.4, 0.5) is 18.9 Å². The number of halogens is 3. The van der Waals surface area contributed by atoms with Crippen LogP contribution in [0.25, 0.3) is 0 Å². The minimum absolute atomic E-state index is 0.0764. The molecule has 0 unspecified atom stereocenters. The van der Waals surface area contributed by atoms with Gasteiger partial charge in [0.15, 0.2) is 11.6 Å². The number of ether oxygens (including phenoxy) is 1. The van der Waals surface area contributed by atoms with Crippen LogP contribution in [0.15, 0.2) is 36.4 Å². The van der Waals surface area contributed by atoms with Gasteiger partial charge in [0.05, 0.1) is 6.61 Å². The molecule has 5 heteroatoms. The molecule has 0 heterocycles. The van der Waals surface area contributed by atoms with E-state index in [4.69, 9.17) is 4.74 Å². The fourth-order valence-corrected chi connectivity index (χ4v) is 2.01. The first-order chi connectivity index (χ1) is 10.1. The largest absolute Gasteiger partial charge is 0.384 e. The summed E-state index contributed by atoms with van der Waals surface area (Å²) in [5.41, 5.74) is 1.91. The Labute approximate surface area is 121 Å². The van der Waals surface area contributed by atoms with E-state index >= 15 is 0 Å². The number of nitrogens with one attached hydrogen (secondary N) is 1. The molecule has 0 fully saturated rings. The van der Waals surface area contributed by atoms with Crippen LogP contribution in [0.3, 0.4) is 0 Å². The van der Waals surface area contributed by atoms with E-state index in [0.29, 0.717) is 19.1 Å². The topological polar surface area (TPSA) is 21.3 Å². The number of hydrogen-bond donors (Lipinski definition) is 1. The summed E-state index contributed by atoms with van der Waals surface area (Å²) < 4.78 is 44.6. The van der Waals surface area contributed by atoms with Crippen molar-refractivity contribution >= 4 is 5.69 Å². The fourth-order valence-electron chi connectivity index (χ4n) is 2.01. The lowest BCUT2D eigenvalue weighted by atomic mass is 10.1. The maximum absolute atomic E-state index is 13.6. The van der Waals surface area contributed by atoms with Gasteiger partial charge in [-0.05, 0) is 24.1 Å². The van der Waals surface area contributed by atoms with Gasteiger partial charge >= 0.3 is 0 Å². The zero-order valence-corrected chi connectivity index (χ0v) is 11.6. The number of hydrogen-bond acceptors (Lipinski definition) is 2. The number of anilines is 1. The Balaban J connectivity index is 2.11. The molecule has 0 atom stereocenters. The third-order valence-corrected chi connectivity index (χ3v) is 3.15. The normalized spacial score (nSPS) is 10.7. The van der Waals surface area contributed by atoms with E-state index in [1.165, 1.54) is 0 Å². The Hall–Kier alpha value is -2.01. The zero-order chi connectivity index (χ0) is 15.2. The molecule has 0 saturated heterocycles. The van der Waals surface area contributed by atoms with Crippen molar-refractivity contribution in [2.45, 2.75) is 13.0 Å². The standard InChI is InChI=1S/C16H16F3NO/c1-21-7-6-11-4-2-3-5-16(11)20-10-12-8-14(18)15(19)9-13(12)17/h2-5,8-9,20H,6-7,10H2,1H3. The molecule has 0 spiro atoms. The number of benzene rings is 2. The SMILES string of the molecule is COCCc1ccccc1NCc1cc(F)c(F)cc1F. The van der Waals surface area contributed by atoms with Crippen LogP contribution in [0, 0.1) is 17.5 Å². The first-order valence-electron chi connectivity index (χ1n) is 6.56. The second-order valence-electron chi connectivity index (χ2n) is 4.61. The summed E-state index contributed by atoms with van der Waals surface area (Å²) in [6.45, 7) is 0.644. The molecule has 0 aliphatic carbocycles. The highest BCUT2D eigenvalue weighted by Gasteiger charge is 2.10. The molecule has 21 heavy (non-hydrogen) atoms. The summed E-state index contributed by atoms with van der Waals surface area (Å²) in [5.74, 6) is -3.01. The minimum atomic E-state index is -1.18. The lowest BCUT2D eigenvalue weighted by Crippen LogP contribution is -2.06. The number of para-hydroxylation sites is 1. The summed E-state index contributed by atoms with van der Waals surface area (Å²) in [7, 11) is 1.62. The highest BCUT2D eigenvalue weighted by molar-refractivity contribution is 5.51. The average molecular weight is 295 g/mol.